The molecule has 0 amide bonds. The van der Waals surface area contributed by atoms with Crippen LogP contribution >= 0.6 is 15.9 Å². The summed E-state index contributed by atoms with van der Waals surface area (Å²) in [7, 11) is 0. The summed E-state index contributed by atoms with van der Waals surface area (Å²) in [6, 6.07) is 5.99. The molecule has 19 heavy (non-hydrogen) atoms. The van der Waals surface area contributed by atoms with Crippen molar-refractivity contribution in [2.45, 2.75) is 13.0 Å². The Morgan fingerprint density at radius 2 is 2.21 bits per heavy atom. The molecular weight excluding hydrogens is 308 g/mol. The van der Waals surface area contributed by atoms with Gasteiger partial charge in [0.25, 0.3) is 5.56 Å². The molecule has 3 rings (SSSR count). The van der Waals surface area contributed by atoms with E-state index in [1.54, 1.807) is 0 Å². The molecule has 0 atom stereocenters. The van der Waals surface area contributed by atoms with Crippen LogP contribution in [0.4, 0.5) is 11.5 Å². The number of nitrogens with one attached hydrogen (secondary N) is 1. The van der Waals surface area contributed by atoms with Crippen LogP contribution in [0.25, 0.3) is 0 Å². The number of rotatable bonds is 1. The van der Waals surface area contributed by atoms with E-state index in [4.69, 9.17) is 5.73 Å². The largest absolute Gasteiger partial charge is 0.399 e. The Labute approximate surface area is 118 Å². The Morgan fingerprint density at radius 1 is 1.37 bits per heavy atom. The van der Waals surface area contributed by atoms with Crippen LogP contribution in [0.3, 0.4) is 0 Å². The Hall–Kier alpha value is -1.82. The van der Waals surface area contributed by atoms with Gasteiger partial charge in [0.15, 0.2) is 5.82 Å². The van der Waals surface area contributed by atoms with Crippen molar-refractivity contribution in [1.82, 2.24) is 9.97 Å². The molecule has 5 nitrogen and oxygen atoms in total. The SMILES string of the molecule is Nc1ccc2c(c1)CN(c1nc[nH]c(=O)c1Br)CC2. The van der Waals surface area contributed by atoms with Crippen LogP contribution in [-0.2, 0) is 13.0 Å². The van der Waals surface area contributed by atoms with Crippen LogP contribution in [0.5, 0.6) is 0 Å². The average molecular weight is 321 g/mol. The molecule has 0 aliphatic carbocycles. The van der Waals surface area contributed by atoms with E-state index >= 15 is 0 Å². The summed E-state index contributed by atoms with van der Waals surface area (Å²) in [4.78, 5) is 20.5. The van der Waals surface area contributed by atoms with Crippen molar-refractivity contribution in [3.63, 3.8) is 0 Å². The number of aromatic amines is 1. The van der Waals surface area contributed by atoms with Gasteiger partial charge >= 0.3 is 0 Å². The van der Waals surface area contributed by atoms with E-state index in [1.165, 1.54) is 17.5 Å². The quantitative estimate of drug-likeness (QED) is 0.784. The summed E-state index contributed by atoms with van der Waals surface area (Å²) < 4.78 is 0.474. The van der Waals surface area contributed by atoms with Gasteiger partial charge < -0.3 is 15.6 Å². The Kier molecular flexibility index (Phi) is 3.02. The lowest BCUT2D eigenvalue weighted by Gasteiger charge is -2.30. The monoisotopic (exact) mass is 320 g/mol. The fraction of sp³-hybridized carbons (Fsp3) is 0.231. The van der Waals surface area contributed by atoms with Gasteiger partial charge in [0.1, 0.15) is 4.47 Å². The maximum atomic E-state index is 11.6. The molecule has 1 aromatic carbocycles. The van der Waals surface area contributed by atoms with E-state index in [9.17, 15) is 4.79 Å². The fourth-order valence-electron chi connectivity index (χ4n) is 2.35. The minimum absolute atomic E-state index is 0.164. The van der Waals surface area contributed by atoms with Gasteiger partial charge in [-0.25, -0.2) is 4.98 Å². The maximum absolute atomic E-state index is 11.6. The molecule has 3 N–H and O–H groups in total. The van der Waals surface area contributed by atoms with Crippen LogP contribution in [0.1, 0.15) is 11.1 Å². The molecule has 0 spiro atoms. The number of fused-ring (bicyclic) bond motifs is 1. The van der Waals surface area contributed by atoms with Gasteiger partial charge in [0.2, 0.25) is 0 Å². The summed E-state index contributed by atoms with van der Waals surface area (Å²) in [5.41, 5.74) is 8.93. The molecule has 1 aromatic heterocycles. The highest BCUT2D eigenvalue weighted by Crippen LogP contribution is 2.27. The van der Waals surface area contributed by atoms with Crippen molar-refractivity contribution >= 4 is 27.4 Å². The van der Waals surface area contributed by atoms with E-state index < -0.39 is 0 Å². The molecule has 1 aliphatic heterocycles. The van der Waals surface area contributed by atoms with Gasteiger partial charge in [-0.1, -0.05) is 6.07 Å². The zero-order valence-corrected chi connectivity index (χ0v) is 11.8. The standard InChI is InChI=1S/C13H13BrN4O/c14-11-12(16-7-17-13(11)19)18-4-3-8-1-2-10(15)5-9(8)6-18/h1-2,5,7H,3-4,6,15H2,(H,16,17,19). The third-order valence-corrected chi connectivity index (χ3v) is 4.04. The number of nitrogen functional groups attached to an aromatic ring is 1. The highest BCUT2D eigenvalue weighted by Gasteiger charge is 2.20. The molecule has 0 saturated heterocycles. The van der Waals surface area contributed by atoms with Gasteiger partial charge in [0.05, 0.1) is 6.33 Å². The minimum atomic E-state index is -0.164. The van der Waals surface area contributed by atoms with Crippen molar-refractivity contribution in [3.05, 3.63) is 50.5 Å². The minimum Gasteiger partial charge on any atom is -0.399 e. The van der Waals surface area contributed by atoms with E-state index in [2.05, 4.69) is 36.9 Å². The zero-order chi connectivity index (χ0) is 13.4. The lowest BCUT2D eigenvalue weighted by atomic mass is 9.99. The summed E-state index contributed by atoms with van der Waals surface area (Å²) in [5.74, 6) is 0.678. The number of benzene rings is 1. The van der Waals surface area contributed by atoms with Gasteiger partial charge in [-0.05, 0) is 45.6 Å². The van der Waals surface area contributed by atoms with Crippen molar-refractivity contribution in [2.24, 2.45) is 0 Å². The summed E-state index contributed by atoms with van der Waals surface area (Å²) in [6.45, 7) is 1.56. The number of nitrogens with zero attached hydrogens (tertiary/aromatic N) is 2. The van der Waals surface area contributed by atoms with Crippen LogP contribution < -0.4 is 16.2 Å². The van der Waals surface area contributed by atoms with Crippen molar-refractivity contribution < 1.29 is 0 Å². The topological polar surface area (TPSA) is 75.0 Å². The number of anilines is 2. The molecule has 0 unspecified atom stereocenters. The van der Waals surface area contributed by atoms with Crippen molar-refractivity contribution in [2.75, 3.05) is 17.2 Å². The molecule has 0 bridgehead atoms. The Bertz CT molecular complexity index is 683. The summed E-state index contributed by atoms with van der Waals surface area (Å²) >= 11 is 3.30. The second kappa shape index (κ2) is 4.70. The first-order valence-electron chi connectivity index (χ1n) is 6.00. The maximum Gasteiger partial charge on any atom is 0.267 e. The lowest BCUT2D eigenvalue weighted by Crippen LogP contribution is -2.32. The molecule has 2 aromatic rings. The third kappa shape index (κ3) is 2.23. The molecule has 98 valence electrons. The molecule has 6 heteroatoms. The molecule has 1 aliphatic rings. The first-order valence-corrected chi connectivity index (χ1v) is 6.80. The van der Waals surface area contributed by atoms with Crippen LogP contribution in [0, 0.1) is 0 Å². The molecule has 0 fully saturated rings. The van der Waals surface area contributed by atoms with Crippen LogP contribution in [-0.4, -0.2) is 16.5 Å². The third-order valence-electron chi connectivity index (χ3n) is 3.32. The first kappa shape index (κ1) is 12.2. The number of nitrogens with two attached hydrogens (primary N) is 1. The van der Waals surface area contributed by atoms with E-state index in [-0.39, 0.29) is 5.56 Å². The summed E-state index contributed by atoms with van der Waals surface area (Å²) in [5, 5.41) is 0. The van der Waals surface area contributed by atoms with Gasteiger partial charge in [-0.15, -0.1) is 0 Å². The zero-order valence-electron chi connectivity index (χ0n) is 10.2. The van der Waals surface area contributed by atoms with Gasteiger partial charge in [-0.3, -0.25) is 4.79 Å². The average Bonchev–Trinajstić information content (AvgIpc) is 2.41. The highest BCUT2D eigenvalue weighted by atomic mass is 79.9. The molecular formula is C13H13BrN4O. The van der Waals surface area contributed by atoms with Gasteiger partial charge in [0, 0.05) is 18.8 Å². The van der Waals surface area contributed by atoms with Crippen molar-refractivity contribution in [3.8, 4) is 0 Å². The lowest BCUT2D eigenvalue weighted by molar-refractivity contribution is 0.716. The van der Waals surface area contributed by atoms with E-state index in [0.29, 0.717) is 10.3 Å². The Balaban J connectivity index is 1.97. The normalized spacial score (nSPS) is 14.3. The van der Waals surface area contributed by atoms with E-state index in [1.807, 2.05) is 12.1 Å². The predicted molar refractivity (Wildman–Crippen MR) is 78.2 cm³/mol. The molecule has 0 radical (unpaired) electrons. The van der Waals surface area contributed by atoms with E-state index in [0.717, 1.165) is 25.2 Å². The second-order valence-electron chi connectivity index (χ2n) is 4.57. The second-order valence-corrected chi connectivity index (χ2v) is 5.36. The number of halogens is 1. The molecule has 2 heterocycles. The number of aromatic nitrogens is 2. The summed E-state index contributed by atoms with van der Waals surface area (Å²) in [6.07, 6.45) is 2.35. The van der Waals surface area contributed by atoms with Crippen molar-refractivity contribution in [1.29, 1.82) is 0 Å². The first-order chi connectivity index (χ1) is 9.15. The van der Waals surface area contributed by atoms with Gasteiger partial charge in [-0.2, -0.15) is 0 Å². The fourth-order valence-corrected chi connectivity index (χ4v) is 2.82. The van der Waals surface area contributed by atoms with Crippen LogP contribution in [0.15, 0.2) is 33.8 Å². The predicted octanol–water partition coefficient (Wildman–Crippen LogP) is 1.68. The number of H-pyrrole nitrogens is 1. The molecule has 0 saturated carbocycles. The number of hydrogen-bond acceptors (Lipinski definition) is 4. The smallest absolute Gasteiger partial charge is 0.267 e. The van der Waals surface area contributed by atoms with Crippen LogP contribution in [0.2, 0.25) is 0 Å². The highest BCUT2D eigenvalue weighted by molar-refractivity contribution is 9.10. The number of hydrogen-bond donors (Lipinski definition) is 2. The Morgan fingerprint density at radius 3 is 3.05 bits per heavy atom.